The summed E-state index contributed by atoms with van der Waals surface area (Å²) in [5.41, 5.74) is 0. The van der Waals surface area contributed by atoms with E-state index < -0.39 is 13.0 Å². The molecule has 2 N–H and O–H groups in total. The highest BCUT2D eigenvalue weighted by atomic mass is 19.3. The lowest BCUT2D eigenvalue weighted by molar-refractivity contribution is -0.123. The van der Waals surface area contributed by atoms with E-state index in [0.717, 1.165) is 12.8 Å². The molecule has 0 bridgehead atoms. The summed E-state index contributed by atoms with van der Waals surface area (Å²) in [6.45, 7) is 5.75. The van der Waals surface area contributed by atoms with E-state index in [0.29, 0.717) is 6.54 Å². The summed E-state index contributed by atoms with van der Waals surface area (Å²) in [6.07, 6.45) is -0.485. The first kappa shape index (κ1) is 17.2. The average molecular weight is 266 g/mol. The molecular weight excluding hydrogens is 242 g/mol. The van der Waals surface area contributed by atoms with E-state index in [1.165, 1.54) is 0 Å². The first-order valence-electron chi connectivity index (χ1n) is 6.37. The Bertz CT molecular complexity index is 228. The third kappa shape index (κ3) is 9.30. The average Bonchev–Trinajstić information content (AvgIpc) is 2.28. The van der Waals surface area contributed by atoms with Crippen molar-refractivity contribution < 1.29 is 18.3 Å². The normalized spacial score (nSPS) is 14.6. The molecule has 0 aromatic heterocycles. The van der Waals surface area contributed by atoms with E-state index in [9.17, 15) is 13.6 Å². The fraction of sp³-hybridized carbons (Fsp3) is 0.917. The second kappa shape index (κ2) is 10.2. The van der Waals surface area contributed by atoms with Crippen LogP contribution in [0, 0.1) is 0 Å². The molecule has 2 atom stereocenters. The molecule has 0 aliphatic carbocycles. The first-order chi connectivity index (χ1) is 8.47. The fourth-order valence-electron chi connectivity index (χ4n) is 1.49. The Kier molecular flexibility index (Phi) is 9.77. The maximum Gasteiger partial charge on any atom is 0.261 e. The minimum atomic E-state index is -2.44. The molecule has 6 heteroatoms. The van der Waals surface area contributed by atoms with Crippen LogP contribution in [0.3, 0.4) is 0 Å². The zero-order chi connectivity index (χ0) is 14.0. The van der Waals surface area contributed by atoms with Crippen molar-refractivity contribution in [3.8, 4) is 0 Å². The van der Waals surface area contributed by atoms with Crippen LogP contribution in [0.1, 0.15) is 33.6 Å². The molecule has 2 unspecified atom stereocenters. The lowest BCUT2D eigenvalue weighted by atomic mass is 10.2. The van der Waals surface area contributed by atoms with Crippen molar-refractivity contribution in [2.75, 3.05) is 19.8 Å². The van der Waals surface area contributed by atoms with Crippen molar-refractivity contribution in [1.82, 2.24) is 10.6 Å². The van der Waals surface area contributed by atoms with Gasteiger partial charge in [-0.3, -0.25) is 4.79 Å². The van der Waals surface area contributed by atoms with E-state index >= 15 is 0 Å². The second-order valence-corrected chi connectivity index (χ2v) is 4.34. The predicted octanol–water partition coefficient (Wildman–Crippen LogP) is 1.55. The van der Waals surface area contributed by atoms with Crippen LogP contribution < -0.4 is 10.6 Å². The number of hydrogen-bond donors (Lipinski definition) is 2. The molecule has 4 nitrogen and oxygen atoms in total. The largest absolute Gasteiger partial charge is 0.374 e. The highest BCUT2D eigenvalue weighted by Crippen LogP contribution is 1.96. The number of alkyl halides is 2. The minimum Gasteiger partial charge on any atom is -0.374 e. The second-order valence-electron chi connectivity index (χ2n) is 4.34. The summed E-state index contributed by atoms with van der Waals surface area (Å²) in [7, 11) is 0. The van der Waals surface area contributed by atoms with Gasteiger partial charge in [0, 0.05) is 12.6 Å². The summed E-state index contributed by atoms with van der Waals surface area (Å²) >= 11 is 0. The molecule has 1 amide bonds. The van der Waals surface area contributed by atoms with Crippen LogP contribution in [0.15, 0.2) is 0 Å². The Morgan fingerprint density at radius 1 is 1.33 bits per heavy atom. The molecule has 0 aliphatic rings. The molecule has 18 heavy (non-hydrogen) atoms. The van der Waals surface area contributed by atoms with Gasteiger partial charge in [-0.1, -0.05) is 13.3 Å². The predicted molar refractivity (Wildman–Crippen MR) is 66.8 cm³/mol. The highest BCUT2D eigenvalue weighted by molar-refractivity contribution is 5.81. The maximum atomic E-state index is 11.8. The van der Waals surface area contributed by atoms with Gasteiger partial charge in [-0.15, -0.1) is 0 Å². The van der Waals surface area contributed by atoms with Crippen molar-refractivity contribution in [2.24, 2.45) is 0 Å². The number of ether oxygens (including phenoxy) is 1. The topological polar surface area (TPSA) is 50.4 Å². The van der Waals surface area contributed by atoms with E-state index in [-0.39, 0.29) is 24.6 Å². The van der Waals surface area contributed by atoms with Gasteiger partial charge in [-0.05, 0) is 20.3 Å². The smallest absolute Gasteiger partial charge is 0.261 e. The van der Waals surface area contributed by atoms with E-state index in [2.05, 4.69) is 17.6 Å². The van der Waals surface area contributed by atoms with Crippen LogP contribution >= 0.6 is 0 Å². The Hall–Kier alpha value is -0.750. The lowest BCUT2D eigenvalue weighted by Crippen LogP contribution is -2.46. The van der Waals surface area contributed by atoms with Crippen LogP contribution in [-0.4, -0.2) is 44.2 Å². The monoisotopic (exact) mass is 266 g/mol. The van der Waals surface area contributed by atoms with Gasteiger partial charge in [0.15, 0.2) is 0 Å². The number of halogens is 2. The van der Waals surface area contributed by atoms with Gasteiger partial charge in [0.25, 0.3) is 6.43 Å². The molecule has 0 rings (SSSR count). The van der Waals surface area contributed by atoms with Gasteiger partial charge >= 0.3 is 0 Å². The van der Waals surface area contributed by atoms with Gasteiger partial charge < -0.3 is 15.4 Å². The molecule has 0 radical (unpaired) electrons. The number of amides is 1. The van der Waals surface area contributed by atoms with E-state index in [1.807, 2.05) is 6.92 Å². The van der Waals surface area contributed by atoms with Crippen LogP contribution in [-0.2, 0) is 9.53 Å². The van der Waals surface area contributed by atoms with Gasteiger partial charge in [-0.25, -0.2) is 8.78 Å². The number of carbonyl (C=O) groups is 1. The summed E-state index contributed by atoms with van der Waals surface area (Å²) in [5, 5.41) is 5.80. The summed E-state index contributed by atoms with van der Waals surface area (Å²) < 4.78 is 28.2. The third-order valence-electron chi connectivity index (χ3n) is 2.44. The maximum absolute atomic E-state index is 11.8. The Balaban J connectivity index is 3.61. The molecule has 108 valence electrons. The fourth-order valence-corrected chi connectivity index (χ4v) is 1.49. The minimum absolute atomic E-state index is 0.0789. The van der Waals surface area contributed by atoms with Crippen molar-refractivity contribution in [3.63, 3.8) is 0 Å². The number of carbonyl (C=O) groups excluding carboxylic acids is 1. The molecule has 0 saturated heterocycles. The zero-order valence-corrected chi connectivity index (χ0v) is 11.3. The van der Waals surface area contributed by atoms with Crippen LogP contribution in [0.25, 0.3) is 0 Å². The standard InChI is InChI=1S/C12H24F2N2O2/c1-4-5-9(2)16-12(17)10(3)15-6-7-18-8-11(13)14/h9-11,15H,4-8H2,1-3H3,(H,16,17). The van der Waals surface area contributed by atoms with Crippen molar-refractivity contribution >= 4 is 5.91 Å². The van der Waals surface area contributed by atoms with Crippen LogP contribution in [0.2, 0.25) is 0 Å². The number of rotatable bonds is 10. The molecule has 0 saturated carbocycles. The molecule has 0 spiro atoms. The molecule has 0 aromatic rings. The van der Waals surface area contributed by atoms with Crippen LogP contribution in [0.5, 0.6) is 0 Å². The number of hydrogen-bond acceptors (Lipinski definition) is 3. The van der Waals surface area contributed by atoms with E-state index in [1.54, 1.807) is 6.92 Å². The van der Waals surface area contributed by atoms with Crippen molar-refractivity contribution in [3.05, 3.63) is 0 Å². The van der Waals surface area contributed by atoms with Gasteiger partial charge in [0.05, 0.1) is 12.6 Å². The quantitative estimate of drug-likeness (QED) is 0.590. The molecule has 0 aromatic carbocycles. The molecule has 0 fully saturated rings. The Morgan fingerprint density at radius 2 is 2.00 bits per heavy atom. The van der Waals surface area contributed by atoms with Crippen molar-refractivity contribution in [2.45, 2.75) is 52.1 Å². The summed E-state index contributed by atoms with van der Waals surface area (Å²) in [5.74, 6) is -0.0789. The van der Waals surface area contributed by atoms with E-state index in [4.69, 9.17) is 4.74 Å². The first-order valence-corrected chi connectivity index (χ1v) is 6.37. The SMILES string of the molecule is CCCC(C)NC(=O)C(C)NCCOCC(F)F. The lowest BCUT2D eigenvalue weighted by Gasteiger charge is -2.18. The Morgan fingerprint density at radius 3 is 2.56 bits per heavy atom. The van der Waals surface area contributed by atoms with Gasteiger partial charge in [0.2, 0.25) is 5.91 Å². The van der Waals surface area contributed by atoms with Gasteiger partial charge in [0.1, 0.15) is 6.61 Å². The number of nitrogens with one attached hydrogen (secondary N) is 2. The van der Waals surface area contributed by atoms with Gasteiger partial charge in [-0.2, -0.15) is 0 Å². The zero-order valence-electron chi connectivity index (χ0n) is 11.3. The highest BCUT2D eigenvalue weighted by Gasteiger charge is 2.13. The summed E-state index contributed by atoms with van der Waals surface area (Å²) in [6, 6.07) is -0.193. The molecular formula is C12H24F2N2O2. The third-order valence-corrected chi connectivity index (χ3v) is 2.44. The van der Waals surface area contributed by atoms with Crippen molar-refractivity contribution in [1.29, 1.82) is 0 Å². The molecule has 0 heterocycles. The Labute approximate surface area is 107 Å². The van der Waals surface area contributed by atoms with Crippen LogP contribution in [0.4, 0.5) is 8.78 Å². The summed E-state index contributed by atoms with van der Waals surface area (Å²) in [4.78, 5) is 11.7. The molecule has 0 aliphatic heterocycles.